The van der Waals surface area contributed by atoms with E-state index in [2.05, 4.69) is 4.72 Å². The summed E-state index contributed by atoms with van der Waals surface area (Å²) >= 11 is 5.65. The number of rotatable bonds is 9. The third kappa shape index (κ3) is 6.80. The molecule has 0 aliphatic heterocycles. The van der Waals surface area contributed by atoms with Gasteiger partial charge in [0.15, 0.2) is 0 Å². The summed E-state index contributed by atoms with van der Waals surface area (Å²) in [5.41, 5.74) is 1.68. The van der Waals surface area contributed by atoms with Gasteiger partial charge in [0.05, 0.1) is 5.75 Å². The first-order valence-electron chi connectivity index (χ1n) is 6.22. The van der Waals surface area contributed by atoms with Gasteiger partial charge >= 0.3 is 0 Å². The van der Waals surface area contributed by atoms with E-state index in [-0.39, 0.29) is 5.75 Å². The molecule has 0 saturated heterocycles. The average Bonchev–Trinajstić information content (AvgIpc) is 2.36. The maximum absolute atomic E-state index is 11.8. The van der Waals surface area contributed by atoms with Crippen molar-refractivity contribution >= 4 is 27.3 Å². The summed E-state index contributed by atoms with van der Waals surface area (Å²) in [5, 5.41) is 0. The number of aryl methyl sites for hydroxylation is 1. The van der Waals surface area contributed by atoms with Crippen LogP contribution in [0.4, 0.5) is 5.69 Å². The Labute approximate surface area is 120 Å². The molecule has 0 unspecified atom stereocenters. The Morgan fingerprint density at radius 1 is 1.32 bits per heavy atom. The summed E-state index contributed by atoms with van der Waals surface area (Å²) in [6.45, 7) is 0.441. The largest absolute Gasteiger partial charge is 0.385 e. The molecule has 0 heterocycles. The minimum Gasteiger partial charge on any atom is -0.385 e. The second-order valence-corrected chi connectivity index (χ2v) is 6.48. The van der Waals surface area contributed by atoms with Crippen molar-refractivity contribution in [2.24, 2.45) is 0 Å². The standard InChI is InChI=1S/C13H20ClNO3S/c1-18-9-4-10-19(16,17)15-13-7-2-5-12(11-13)6-3-8-14/h2,5,7,11,15H,3-4,6,8-10H2,1H3. The fourth-order valence-corrected chi connectivity index (χ4v) is 2.90. The Balaban J connectivity index is 2.60. The van der Waals surface area contributed by atoms with Crippen LogP contribution in [0.5, 0.6) is 0 Å². The van der Waals surface area contributed by atoms with E-state index in [9.17, 15) is 8.42 Å². The fourth-order valence-electron chi connectivity index (χ4n) is 1.69. The summed E-state index contributed by atoms with van der Waals surface area (Å²) < 4.78 is 31.0. The normalized spacial score (nSPS) is 11.5. The molecular formula is C13H20ClNO3S. The molecule has 0 spiro atoms. The monoisotopic (exact) mass is 305 g/mol. The van der Waals surface area contributed by atoms with Crippen LogP contribution >= 0.6 is 11.6 Å². The smallest absolute Gasteiger partial charge is 0.232 e. The molecule has 1 rings (SSSR count). The van der Waals surface area contributed by atoms with Crippen molar-refractivity contribution in [2.45, 2.75) is 19.3 Å². The van der Waals surface area contributed by atoms with Crippen LogP contribution < -0.4 is 4.72 Å². The zero-order chi connectivity index (χ0) is 14.1. The SMILES string of the molecule is COCCCS(=O)(=O)Nc1cccc(CCCCl)c1. The molecule has 4 nitrogen and oxygen atoms in total. The molecule has 1 aromatic carbocycles. The molecule has 0 fully saturated rings. The van der Waals surface area contributed by atoms with E-state index in [1.807, 2.05) is 18.2 Å². The van der Waals surface area contributed by atoms with Crippen LogP contribution in [0.1, 0.15) is 18.4 Å². The van der Waals surface area contributed by atoms with Crippen LogP contribution in [-0.2, 0) is 21.2 Å². The van der Waals surface area contributed by atoms with Gasteiger partial charge in [0.1, 0.15) is 0 Å². The number of hydrogen-bond acceptors (Lipinski definition) is 3. The molecule has 108 valence electrons. The van der Waals surface area contributed by atoms with Crippen molar-refractivity contribution in [2.75, 3.05) is 30.1 Å². The Hall–Kier alpha value is -0.780. The van der Waals surface area contributed by atoms with E-state index in [0.717, 1.165) is 18.4 Å². The minimum atomic E-state index is -3.30. The van der Waals surface area contributed by atoms with Crippen molar-refractivity contribution in [1.29, 1.82) is 0 Å². The van der Waals surface area contributed by atoms with E-state index in [4.69, 9.17) is 16.3 Å². The molecule has 0 aliphatic carbocycles. The maximum Gasteiger partial charge on any atom is 0.232 e. The highest BCUT2D eigenvalue weighted by Crippen LogP contribution is 2.14. The number of methoxy groups -OCH3 is 1. The lowest BCUT2D eigenvalue weighted by molar-refractivity contribution is 0.199. The van der Waals surface area contributed by atoms with Crippen molar-refractivity contribution in [3.05, 3.63) is 29.8 Å². The minimum absolute atomic E-state index is 0.0622. The third-order valence-corrected chi connectivity index (χ3v) is 4.20. The molecule has 0 amide bonds. The molecule has 0 atom stereocenters. The lowest BCUT2D eigenvalue weighted by Gasteiger charge is -2.09. The number of nitrogens with one attached hydrogen (secondary N) is 1. The van der Waals surface area contributed by atoms with Crippen LogP contribution in [0.2, 0.25) is 0 Å². The topological polar surface area (TPSA) is 55.4 Å². The Morgan fingerprint density at radius 2 is 2.11 bits per heavy atom. The van der Waals surface area contributed by atoms with Gasteiger partial charge in [0, 0.05) is 25.3 Å². The van der Waals surface area contributed by atoms with Gasteiger partial charge in [-0.05, 0) is 37.0 Å². The summed E-state index contributed by atoms with van der Waals surface area (Å²) in [6, 6.07) is 7.41. The Kier molecular flexibility index (Phi) is 7.20. The van der Waals surface area contributed by atoms with Crippen LogP contribution in [0.15, 0.2) is 24.3 Å². The second kappa shape index (κ2) is 8.40. The van der Waals surface area contributed by atoms with Gasteiger partial charge in [-0.15, -0.1) is 11.6 Å². The molecule has 19 heavy (non-hydrogen) atoms. The molecule has 0 aromatic heterocycles. The summed E-state index contributed by atoms with van der Waals surface area (Å²) in [7, 11) is -1.74. The second-order valence-electron chi connectivity index (χ2n) is 4.26. The van der Waals surface area contributed by atoms with Gasteiger partial charge in [-0.1, -0.05) is 12.1 Å². The molecule has 1 N–H and O–H groups in total. The van der Waals surface area contributed by atoms with E-state index in [0.29, 0.717) is 24.6 Å². The molecule has 0 radical (unpaired) electrons. The fraction of sp³-hybridized carbons (Fsp3) is 0.538. The highest BCUT2D eigenvalue weighted by molar-refractivity contribution is 7.92. The van der Waals surface area contributed by atoms with Crippen molar-refractivity contribution < 1.29 is 13.2 Å². The molecular weight excluding hydrogens is 286 g/mol. The number of ether oxygens (including phenoxy) is 1. The van der Waals surface area contributed by atoms with Crippen LogP contribution in [0.3, 0.4) is 0 Å². The van der Waals surface area contributed by atoms with Gasteiger partial charge in [-0.2, -0.15) is 0 Å². The quantitative estimate of drug-likeness (QED) is 0.563. The van der Waals surface area contributed by atoms with Crippen molar-refractivity contribution in [1.82, 2.24) is 0 Å². The van der Waals surface area contributed by atoms with E-state index in [1.165, 1.54) is 0 Å². The highest BCUT2D eigenvalue weighted by atomic mass is 35.5. The number of anilines is 1. The summed E-state index contributed by atoms with van der Waals surface area (Å²) in [6.07, 6.45) is 2.21. The van der Waals surface area contributed by atoms with Crippen LogP contribution in [0, 0.1) is 0 Å². The summed E-state index contributed by atoms with van der Waals surface area (Å²) in [4.78, 5) is 0. The first-order chi connectivity index (χ1) is 9.07. The van der Waals surface area contributed by atoms with Crippen LogP contribution in [-0.4, -0.2) is 33.8 Å². The molecule has 0 bridgehead atoms. The zero-order valence-corrected chi connectivity index (χ0v) is 12.6. The third-order valence-electron chi connectivity index (χ3n) is 2.56. The summed E-state index contributed by atoms with van der Waals surface area (Å²) in [5.74, 6) is 0.666. The predicted octanol–water partition coefficient (Wildman–Crippen LogP) is 2.64. The number of halogens is 1. The van der Waals surface area contributed by atoms with Crippen LogP contribution in [0.25, 0.3) is 0 Å². The zero-order valence-electron chi connectivity index (χ0n) is 11.1. The lowest BCUT2D eigenvalue weighted by Crippen LogP contribution is -2.17. The van der Waals surface area contributed by atoms with Gasteiger partial charge in [-0.25, -0.2) is 8.42 Å². The number of alkyl halides is 1. The average molecular weight is 306 g/mol. The lowest BCUT2D eigenvalue weighted by atomic mass is 10.1. The van der Waals surface area contributed by atoms with Gasteiger partial charge in [-0.3, -0.25) is 4.72 Å². The Bertz CT molecular complexity index is 477. The number of benzene rings is 1. The number of sulfonamides is 1. The molecule has 6 heteroatoms. The molecule has 1 aromatic rings. The predicted molar refractivity (Wildman–Crippen MR) is 79.4 cm³/mol. The van der Waals surface area contributed by atoms with Gasteiger partial charge in [0.2, 0.25) is 10.0 Å². The molecule has 0 aliphatic rings. The van der Waals surface area contributed by atoms with Crippen molar-refractivity contribution in [3.63, 3.8) is 0 Å². The van der Waals surface area contributed by atoms with Gasteiger partial charge < -0.3 is 4.74 Å². The Morgan fingerprint density at radius 3 is 2.79 bits per heavy atom. The first-order valence-corrected chi connectivity index (χ1v) is 8.40. The van der Waals surface area contributed by atoms with E-state index in [1.54, 1.807) is 13.2 Å². The maximum atomic E-state index is 11.8. The van der Waals surface area contributed by atoms with E-state index >= 15 is 0 Å². The number of hydrogen-bond donors (Lipinski definition) is 1. The van der Waals surface area contributed by atoms with Gasteiger partial charge in [0.25, 0.3) is 0 Å². The van der Waals surface area contributed by atoms with E-state index < -0.39 is 10.0 Å². The highest BCUT2D eigenvalue weighted by Gasteiger charge is 2.10. The van der Waals surface area contributed by atoms with Crippen molar-refractivity contribution in [3.8, 4) is 0 Å². The molecule has 0 saturated carbocycles. The first kappa shape index (κ1) is 16.3.